The van der Waals surface area contributed by atoms with Gasteiger partial charge in [-0.15, -0.1) is 0 Å². The van der Waals surface area contributed by atoms with Gasteiger partial charge in [0.1, 0.15) is 12.4 Å². The molecule has 5 heteroatoms. The number of ether oxygens (including phenoxy) is 2. The lowest BCUT2D eigenvalue weighted by molar-refractivity contribution is 0.0546. The van der Waals surface area contributed by atoms with E-state index in [0.717, 1.165) is 32.7 Å². The lowest BCUT2D eigenvalue weighted by atomic mass is 10.0. The fourth-order valence-corrected chi connectivity index (χ4v) is 2.21. The summed E-state index contributed by atoms with van der Waals surface area (Å²) in [5.41, 5.74) is 0.271. The van der Waals surface area contributed by atoms with Crippen molar-refractivity contribution in [2.75, 3.05) is 32.9 Å². The van der Waals surface area contributed by atoms with Crippen molar-refractivity contribution < 1.29 is 19.4 Å². The summed E-state index contributed by atoms with van der Waals surface area (Å²) in [4.78, 5) is 10.7. The van der Waals surface area contributed by atoms with Crippen LogP contribution in [0.1, 0.15) is 23.2 Å². The Hall–Kier alpha value is -1.59. The summed E-state index contributed by atoms with van der Waals surface area (Å²) in [7, 11) is 0. The number of rotatable bonds is 7. The molecular weight excluding hydrogens is 258 g/mol. The molecular formula is C15H21NO4. The number of nitrogens with one attached hydrogen (secondary N) is 1. The van der Waals surface area contributed by atoms with E-state index >= 15 is 0 Å². The van der Waals surface area contributed by atoms with Gasteiger partial charge >= 0.3 is 5.97 Å². The van der Waals surface area contributed by atoms with Crippen LogP contribution in [0.3, 0.4) is 0 Å². The zero-order valence-electron chi connectivity index (χ0n) is 11.5. The summed E-state index contributed by atoms with van der Waals surface area (Å²) in [6.07, 6.45) is 2.38. The highest BCUT2D eigenvalue weighted by atomic mass is 16.5. The van der Waals surface area contributed by atoms with Gasteiger partial charge in [0, 0.05) is 19.7 Å². The third kappa shape index (κ3) is 4.83. The first-order valence-corrected chi connectivity index (χ1v) is 7.00. The topological polar surface area (TPSA) is 67.8 Å². The number of carbonyl (C=O) groups is 1. The maximum atomic E-state index is 10.7. The number of aromatic carboxylic acids is 1. The first kappa shape index (κ1) is 14.8. The molecule has 20 heavy (non-hydrogen) atoms. The average molecular weight is 279 g/mol. The van der Waals surface area contributed by atoms with Crippen LogP contribution in [-0.2, 0) is 4.74 Å². The van der Waals surface area contributed by atoms with Crippen molar-refractivity contribution in [3.63, 3.8) is 0 Å². The van der Waals surface area contributed by atoms with E-state index in [0.29, 0.717) is 18.3 Å². The summed E-state index contributed by atoms with van der Waals surface area (Å²) >= 11 is 0. The van der Waals surface area contributed by atoms with E-state index in [9.17, 15) is 4.79 Å². The molecule has 2 N–H and O–H groups in total. The van der Waals surface area contributed by atoms with Gasteiger partial charge in [0.2, 0.25) is 0 Å². The predicted octanol–water partition coefficient (Wildman–Crippen LogP) is 1.78. The molecule has 1 unspecified atom stereocenters. The molecule has 0 aliphatic carbocycles. The zero-order valence-corrected chi connectivity index (χ0v) is 11.5. The van der Waals surface area contributed by atoms with Crippen molar-refractivity contribution in [3.8, 4) is 5.75 Å². The highest BCUT2D eigenvalue weighted by molar-refractivity contribution is 5.87. The third-order valence-corrected chi connectivity index (χ3v) is 3.34. The largest absolute Gasteiger partial charge is 0.492 e. The number of carboxylic acid groups (broad SMARTS) is 1. The zero-order chi connectivity index (χ0) is 14.2. The minimum Gasteiger partial charge on any atom is -0.492 e. The molecule has 0 saturated carbocycles. The fraction of sp³-hybridized carbons (Fsp3) is 0.533. The van der Waals surface area contributed by atoms with Crippen molar-refractivity contribution in [2.45, 2.75) is 12.8 Å². The molecule has 0 radical (unpaired) electrons. The third-order valence-electron chi connectivity index (χ3n) is 3.34. The average Bonchev–Trinajstić information content (AvgIpc) is 2.48. The molecule has 0 bridgehead atoms. The normalized spacial score (nSPS) is 18.7. The lowest BCUT2D eigenvalue weighted by Crippen LogP contribution is -2.31. The maximum Gasteiger partial charge on any atom is 0.335 e. The van der Waals surface area contributed by atoms with E-state index in [4.69, 9.17) is 14.6 Å². The Morgan fingerprint density at radius 3 is 2.85 bits per heavy atom. The molecule has 1 saturated heterocycles. The van der Waals surface area contributed by atoms with Crippen molar-refractivity contribution >= 4 is 5.97 Å². The molecule has 1 heterocycles. The van der Waals surface area contributed by atoms with Gasteiger partial charge in [0.25, 0.3) is 0 Å². The van der Waals surface area contributed by atoms with Crippen LogP contribution in [0, 0.1) is 5.92 Å². The molecule has 0 spiro atoms. The Labute approximate surface area is 118 Å². The summed E-state index contributed by atoms with van der Waals surface area (Å²) < 4.78 is 11.0. The fourth-order valence-electron chi connectivity index (χ4n) is 2.21. The monoisotopic (exact) mass is 279 g/mol. The summed E-state index contributed by atoms with van der Waals surface area (Å²) in [5.74, 6) is 0.379. The summed E-state index contributed by atoms with van der Waals surface area (Å²) in [5, 5.41) is 12.1. The van der Waals surface area contributed by atoms with E-state index in [1.807, 2.05) is 0 Å². The van der Waals surface area contributed by atoms with Gasteiger partial charge in [0.05, 0.1) is 12.2 Å². The molecule has 1 aliphatic rings. The Morgan fingerprint density at radius 1 is 1.40 bits per heavy atom. The van der Waals surface area contributed by atoms with Crippen molar-refractivity contribution in [1.82, 2.24) is 5.32 Å². The second kappa shape index (κ2) is 7.87. The van der Waals surface area contributed by atoms with Gasteiger partial charge in [-0.2, -0.15) is 0 Å². The van der Waals surface area contributed by atoms with Crippen LogP contribution in [0.4, 0.5) is 0 Å². The molecule has 1 aliphatic heterocycles. The minimum absolute atomic E-state index is 0.271. The van der Waals surface area contributed by atoms with Crippen LogP contribution in [0.15, 0.2) is 24.3 Å². The summed E-state index contributed by atoms with van der Waals surface area (Å²) in [6, 6.07) is 6.45. The van der Waals surface area contributed by atoms with Gasteiger partial charge in [-0.25, -0.2) is 4.79 Å². The molecule has 1 aromatic carbocycles. The quantitative estimate of drug-likeness (QED) is 0.745. The van der Waals surface area contributed by atoms with Gasteiger partial charge in [0.15, 0.2) is 0 Å². The standard InChI is InChI=1S/C15H21NO4/c17-15(18)13-3-5-14(6-4-13)20-9-7-16-10-12-2-1-8-19-11-12/h3-6,12,16H,1-2,7-11H2,(H,17,18). The molecule has 1 aromatic rings. The van der Waals surface area contributed by atoms with Gasteiger partial charge in [-0.3, -0.25) is 0 Å². The number of hydrogen-bond acceptors (Lipinski definition) is 4. The Balaban J connectivity index is 1.59. The van der Waals surface area contributed by atoms with Crippen LogP contribution in [0.5, 0.6) is 5.75 Å². The van der Waals surface area contributed by atoms with Crippen LogP contribution < -0.4 is 10.1 Å². The molecule has 2 rings (SSSR count). The highest BCUT2D eigenvalue weighted by Gasteiger charge is 2.12. The van der Waals surface area contributed by atoms with E-state index in [-0.39, 0.29) is 5.56 Å². The smallest absolute Gasteiger partial charge is 0.335 e. The molecule has 1 atom stereocenters. The van der Waals surface area contributed by atoms with Gasteiger partial charge < -0.3 is 19.9 Å². The Kier molecular flexibility index (Phi) is 5.83. The van der Waals surface area contributed by atoms with Crippen molar-refractivity contribution in [3.05, 3.63) is 29.8 Å². The van der Waals surface area contributed by atoms with E-state index in [1.54, 1.807) is 24.3 Å². The van der Waals surface area contributed by atoms with E-state index in [1.165, 1.54) is 6.42 Å². The van der Waals surface area contributed by atoms with Crippen LogP contribution in [0.2, 0.25) is 0 Å². The molecule has 1 fully saturated rings. The van der Waals surface area contributed by atoms with Crippen LogP contribution in [-0.4, -0.2) is 44.0 Å². The van der Waals surface area contributed by atoms with E-state index in [2.05, 4.69) is 5.32 Å². The number of benzene rings is 1. The van der Waals surface area contributed by atoms with Crippen LogP contribution in [0.25, 0.3) is 0 Å². The van der Waals surface area contributed by atoms with Crippen molar-refractivity contribution in [1.29, 1.82) is 0 Å². The highest BCUT2D eigenvalue weighted by Crippen LogP contribution is 2.13. The maximum absolute atomic E-state index is 10.7. The molecule has 0 amide bonds. The SMILES string of the molecule is O=C(O)c1ccc(OCCNCC2CCCOC2)cc1. The Morgan fingerprint density at radius 2 is 2.20 bits per heavy atom. The Bertz CT molecular complexity index is 412. The minimum atomic E-state index is -0.923. The van der Waals surface area contributed by atoms with E-state index < -0.39 is 5.97 Å². The lowest BCUT2D eigenvalue weighted by Gasteiger charge is -2.22. The second-order valence-corrected chi connectivity index (χ2v) is 4.97. The first-order valence-electron chi connectivity index (χ1n) is 7.00. The predicted molar refractivity (Wildman–Crippen MR) is 75.3 cm³/mol. The van der Waals surface area contributed by atoms with Gasteiger partial charge in [-0.1, -0.05) is 0 Å². The summed E-state index contributed by atoms with van der Waals surface area (Å²) in [6.45, 7) is 4.05. The van der Waals surface area contributed by atoms with Crippen LogP contribution >= 0.6 is 0 Å². The molecule has 5 nitrogen and oxygen atoms in total. The second-order valence-electron chi connectivity index (χ2n) is 4.97. The molecule has 110 valence electrons. The first-order chi connectivity index (χ1) is 9.75. The number of hydrogen-bond donors (Lipinski definition) is 2. The van der Waals surface area contributed by atoms with Gasteiger partial charge in [-0.05, 0) is 43.0 Å². The van der Waals surface area contributed by atoms with Crippen molar-refractivity contribution in [2.24, 2.45) is 5.92 Å². The number of carboxylic acids is 1. The molecule has 0 aromatic heterocycles.